The molecule has 0 saturated carbocycles. The van der Waals surface area contributed by atoms with Crippen LogP contribution in [0.5, 0.6) is 0 Å². The lowest BCUT2D eigenvalue weighted by Crippen LogP contribution is -2.58. The molecular formula is C19H24F5N5O3. The number of imidazole rings is 1. The molecule has 178 valence electrons. The number of fused-ring (bicyclic) bond motifs is 1. The third kappa shape index (κ3) is 5.63. The van der Waals surface area contributed by atoms with E-state index in [2.05, 4.69) is 15.4 Å². The van der Waals surface area contributed by atoms with Crippen molar-refractivity contribution < 1.29 is 36.2 Å². The molecule has 1 saturated heterocycles. The number of nitrogens with zero attached hydrogens (tertiary/aromatic N) is 4. The number of alkyl halides is 5. The second-order valence-electron chi connectivity index (χ2n) is 7.77. The Kier molecular flexibility index (Phi) is 6.89. The molecule has 1 fully saturated rings. The summed E-state index contributed by atoms with van der Waals surface area (Å²) in [4.78, 5) is 17.5. The molecule has 0 spiro atoms. The van der Waals surface area contributed by atoms with E-state index in [9.17, 15) is 26.7 Å². The largest absolute Gasteiger partial charge is 0.414 e. The summed E-state index contributed by atoms with van der Waals surface area (Å²) in [7, 11) is 1.38. The zero-order valence-corrected chi connectivity index (χ0v) is 17.7. The first-order valence-electron chi connectivity index (χ1n) is 9.87. The lowest BCUT2D eigenvalue weighted by atomic mass is 10.1. The second-order valence-corrected chi connectivity index (χ2v) is 7.77. The number of halogens is 5. The van der Waals surface area contributed by atoms with Gasteiger partial charge in [0.1, 0.15) is 0 Å². The average molecular weight is 465 g/mol. The summed E-state index contributed by atoms with van der Waals surface area (Å²) in [6, 6.07) is 0.0923. The number of nitrogens with one attached hydrogen (secondary N) is 1. The van der Waals surface area contributed by atoms with Crippen LogP contribution in [0, 0.1) is 0 Å². The van der Waals surface area contributed by atoms with Gasteiger partial charge < -0.3 is 19.7 Å². The van der Waals surface area contributed by atoms with Crippen molar-refractivity contribution in [2.75, 3.05) is 26.8 Å². The number of methoxy groups -OCH3 is 1. The van der Waals surface area contributed by atoms with Crippen molar-refractivity contribution in [1.29, 1.82) is 0 Å². The van der Waals surface area contributed by atoms with Gasteiger partial charge in [0.15, 0.2) is 11.8 Å². The van der Waals surface area contributed by atoms with Crippen LogP contribution in [0.3, 0.4) is 0 Å². The number of urea groups is 1. The minimum absolute atomic E-state index is 0.0465. The van der Waals surface area contributed by atoms with Crippen LogP contribution in [-0.2, 0) is 15.9 Å². The molecule has 8 nitrogen and oxygen atoms in total. The van der Waals surface area contributed by atoms with E-state index in [1.165, 1.54) is 24.7 Å². The van der Waals surface area contributed by atoms with Crippen LogP contribution >= 0.6 is 0 Å². The lowest BCUT2D eigenvalue weighted by Gasteiger charge is -2.38. The molecule has 2 aromatic heterocycles. The van der Waals surface area contributed by atoms with Crippen LogP contribution in [-0.4, -0.2) is 76.6 Å². The van der Waals surface area contributed by atoms with Gasteiger partial charge in [0.2, 0.25) is 0 Å². The van der Waals surface area contributed by atoms with E-state index in [-0.39, 0.29) is 13.0 Å². The van der Waals surface area contributed by atoms with Gasteiger partial charge in [-0.2, -0.15) is 18.3 Å². The molecule has 32 heavy (non-hydrogen) atoms. The number of hydrogen-bond donors (Lipinski definition) is 1. The minimum atomic E-state index is -4.46. The summed E-state index contributed by atoms with van der Waals surface area (Å²) in [5, 5.41) is 6.37. The molecule has 1 N–H and O–H groups in total. The van der Waals surface area contributed by atoms with Crippen molar-refractivity contribution in [3.63, 3.8) is 0 Å². The molecule has 0 aliphatic carbocycles. The first kappa shape index (κ1) is 24.1. The summed E-state index contributed by atoms with van der Waals surface area (Å²) in [6.45, 7) is 0.883. The molecule has 3 rings (SSSR count). The number of aromatic nitrogens is 3. The molecule has 3 atom stereocenters. The normalized spacial score (nSPS) is 19.6. The van der Waals surface area contributed by atoms with Gasteiger partial charge in [0, 0.05) is 19.1 Å². The summed E-state index contributed by atoms with van der Waals surface area (Å²) in [5.74, 6) is -3.10. The molecule has 0 unspecified atom stereocenters. The zero-order valence-electron chi connectivity index (χ0n) is 17.7. The lowest BCUT2D eigenvalue weighted by molar-refractivity contribution is -0.224. The highest BCUT2D eigenvalue weighted by molar-refractivity contribution is 5.76. The Morgan fingerprint density at radius 2 is 2.03 bits per heavy atom. The van der Waals surface area contributed by atoms with E-state index in [0.717, 1.165) is 11.8 Å². The fourth-order valence-electron chi connectivity index (χ4n) is 3.45. The fourth-order valence-corrected chi connectivity index (χ4v) is 3.45. The van der Waals surface area contributed by atoms with Gasteiger partial charge in [-0.05, 0) is 19.9 Å². The van der Waals surface area contributed by atoms with Gasteiger partial charge in [-0.25, -0.2) is 23.1 Å². The molecule has 2 amide bonds. The molecule has 0 bridgehead atoms. The smallest absolute Gasteiger partial charge is 0.382 e. The Bertz CT molecular complexity index is 951. The average Bonchev–Trinajstić information content (AvgIpc) is 3.08. The number of amides is 2. The van der Waals surface area contributed by atoms with Gasteiger partial charge in [-0.1, -0.05) is 0 Å². The highest BCUT2D eigenvalue weighted by atomic mass is 19.4. The first-order valence-corrected chi connectivity index (χ1v) is 9.87. The topological polar surface area (TPSA) is 81.0 Å². The van der Waals surface area contributed by atoms with Gasteiger partial charge in [0.05, 0.1) is 49.9 Å². The zero-order chi connectivity index (χ0) is 23.7. The SMILES string of the molecule is COC[C@H](c1cnn2cc(C[C@@H](C)O[C@@H](C)C(F)(F)F)nc2c1)N1CC(F)(F)CNC1=O. The summed E-state index contributed by atoms with van der Waals surface area (Å²) in [6.07, 6.45) is -4.06. The predicted octanol–water partition coefficient (Wildman–Crippen LogP) is 2.98. The van der Waals surface area contributed by atoms with Crippen molar-refractivity contribution in [3.05, 3.63) is 29.7 Å². The van der Waals surface area contributed by atoms with Crippen molar-refractivity contribution in [1.82, 2.24) is 24.8 Å². The van der Waals surface area contributed by atoms with Crippen LogP contribution in [0.25, 0.3) is 5.65 Å². The third-order valence-corrected chi connectivity index (χ3v) is 5.03. The molecule has 1 aliphatic rings. The van der Waals surface area contributed by atoms with Crippen LogP contribution in [0.4, 0.5) is 26.7 Å². The Morgan fingerprint density at radius 3 is 2.69 bits per heavy atom. The summed E-state index contributed by atoms with van der Waals surface area (Å²) < 4.78 is 77.3. The maximum absolute atomic E-state index is 13.9. The van der Waals surface area contributed by atoms with E-state index in [1.54, 1.807) is 12.3 Å². The van der Waals surface area contributed by atoms with Gasteiger partial charge in [-0.3, -0.25) is 0 Å². The van der Waals surface area contributed by atoms with E-state index < -0.39 is 49.5 Å². The molecule has 3 heterocycles. The van der Waals surface area contributed by atoms with Gasteiger partial charge in [-0.15, -0.1) is 0 Å². The monoisotopic (exact) mass is 465 g/mol. The Balaban J connectivity index is 1.80. The number of ether oxygens (including phenoxy) is 2. The Labute approximate surface area is 180 Å². The van der Waals surface area contributed by atoms with Crippen LogP contribution < -0.4 is 5.32 Å². The fraction of sp³-hybridized carbons (Fsp3) is 0.632. The number of carbonyl (C=O) groups is 1. The highest BCUT2D eigenvalue weighted by Crippen LogP contribution is 2.28. The second kappa shape index (κ2) is 9.14. The van der Waals surface area contributed by atoms with Crippen molar-refractivity contribution in [2.45, 2.75) is 50.6 Å². The van der Waals surface area contributed by atoms with Crippen molar-refractivity contribution in [2.24, 2.45) is 0 Å². The quantitative estimate of drug-likeness (QED) is 0.607. The molecular weight excluding hydrogens is 441 g/mol. The van der Waals surface area contributed by atoms with E-state index in [1.807, 2.05) is 0 Å². The van der Waals surface area contributed by atoms with Crippen molar-refractivity contribution in [3.8, 4) is 0 Å². The third-order valence-electron chi connectivity index (χ3n) is 5.03. The van der Waals surface area contributed by atoms with Crippen LogP contribution in [0.2, 0.25) is 0 Å². The van der Waals surface area contributed by atoms with Crippen LogP contribution in [0.15, 0.2) is 18.5 Å². The Hall–Kier alpha value is -2.54. The number of hydrogen-bond acceptors (Lipinski definition) is 5. The number of rotatable bonds is 8. The van der Waals surface area contributed by atoms with Crippen LogP contribution in [0.1, 0.15) is 31.1 Å². The number of carbonyl (C=O) groups excluding carboxylic acids is 1. The maximum atomic E-state index is 13.9. The molecule has 1 aliphatic heterocycles. The van der Waals surface area contributed by atoms with Gasteiger partial charge >= 0.3 is 12.2 Å². The summed E-state index contributed by atoms with van der Waals surface area (Å²) in [5.41, 5.74) is 1.22. The van der Waals surface area contributed by atoms with Gasteiger partial charge in [0.25, 0.3) is 5.92 Å². The van der Waals surface area contributed by atoms with E-state index in [0.29, 0.717) is 16.9 Å². The highest BCUT2D eigenvalue weighted by Gasteiger charge is 2.42. The molecule has 0 radical (unpaired) electrons. The first-order chi connectivity index (χ1) is 14.9. The standard InChI is InChI=1S/C19H24F5N5O3/c1-11(32-12(2)19(22,23)24)4-14-7-29-16(27-14)5-13(6-26-29)15(8-31-3)28-10-18(20,21)9-25-17(28)30/h5-7,11-12,15H,4,8-10H2,1-3H3,(H,25,30)/t11-,12+,15-/m1/s1. The van der Waals surface area contributed by atoms with E-state index >= 15 is 0 Å². The maximum Gasteiger partial charge on any atom is 0.414 e. The molecule has 13 heteroatoms. The van der Waals surface area contributed by atoms with E-state index in [4.69, 9.17) is 9.47 Å². The minimum Gasteiger partial charge on any atom is -0.382 e. The summed E-state index contributed by atoms with van der Waals surface area (Å²) >= 11 is 0. The Morgan fingerprint density at radius 1 is 1.31 bits per heavy atom. The van der Waals surface area contributed by atoms with Crippen molar-refractivity contribution >= 4 is 11.7 Å². The molecule has 2 aromatic rings. The molecule has 0 aromatic carbocycles. The predicted molar refractivity (Wildman–Crippen MR) is 102 cm³/mol.